The molecule has 0 radical (unpaired) electrons. The van der Waals surface area contributed by atoms with Crippen molar-refractivity contribution >= 4 is 11.6 Å². The smallest absolute Gasteiger partial charge is 0.249 e. The molecule has 0 aromatic heterocycles. The molecule has 104 valence electrons. The minimum absolute atomic E-state index is 0.410. The first-order valence-corrected chi connectivity index (χ1v) is 6.41. The lowest BCUT2D eigenvalue weighted by molar-refractivity contribution is 0.0999. The molecule has 0 aliphatic heterocycles. The molecule has 20 heavy (non-hydrogen) atoms. The Morgan fingerprint density at radius 3 is 2.45 bits per heavy atom. The van der Waals surface area contributed by atoms with Gasteiger partial charge < -0.3 is 15.8 Å². The van der Waals surface area contributed by atoms with E-state index < -0.39 is 5.91 Å². The van der Waals surface area contributed by atoms with Crippen LogP contribution in [0.4, 0.5) is 5.69 Å². The molecule has 2 aromatic carbocycles. The van der Waals surface area contributed by atoms with Crippen molar-refractivity contribution in [3.63, 3.8) is 0 Å². The topological polar surface area (TPSA) is 64.3 Å². The van der Waals surface area contributed by atoms with E-state index in [4.69, 9.17) is 10.5 Å². The highest BCUT2D eigenvalue weighted by Gasteiger charge is 2.07. The normalized spacial score (nSPS) is 10.2. The first kappa shape index (κ1) is 14.1. The Morgan fingerprint density at radius 2 is 1.75 bits per heavy atom. The fraction of sp³-hybridized carbons (Fsp3) is 0.188. The second kappa shape index (κ2) is 6.73. The van der Waals surface area contributed by atoms with Gasteiger partial charge in [0.1, 0.15) is 0 Å². The van der Waals surface area contributed by atoms with E-state index in [1.165, 1.54) is 0 Å². The molecule has 1 amide bonds. The van der Waals surface area contributed by atoms with Gasteiger partial charge in [0, 0.05) is 30.5 Å². The Morgan fingerprint density at radius 1 is 1.10 bits per heavy atom. The lowest BCUT2D eigenvalue weighted by atomic mass is 10.1. The van der Waals surface area contributed by atoms with Gasteiger partial charge in [-0.05, 0) is 17.7 Å². The van der Waals surface area contributed by atoms with Gasteiger partial charge >= 0.3 is 0 Å². The number of ether oxygens (including phenoxy) is 1. The van der Waals surface area contributed by atoms with Crippen LogP contribution >= 0.6 is 0 Å². The van der Waals surface area contributed by atoms with Gasteiger partial charge in [0.2, 0.25) is 5.91 Å². The van der Waals surface area contributed by atoms with Gasteiger partial charge in [-0.2, -0.15) is 0 Å². The second-order valence-electron chi connectivity index (χ2n) is 4.47. The van der Waals surface area contributed by atoms with Gasteiger partial charge in [0.25, 0.3) is 0 Å². The lowest BCUT2D eigenvalue weighted by Crippen LogP contribution is -2.15. The van der Waals surface area contributed by atoms with Crippen molar-refractivity contribution in [3.05, 3.63) is 65.2 Å². The average molecular weight is 270 g/mol. The third-order valence-electron chi connectivity index (χ3n) is 3.07. The van der Waals surface area contributed by atoms with Crippen LogP contribution in [0.3, 0.4) is 0 Å². The fourth-order valence-electron chi connectivity index (χ4n) is 2.08. The maximum atomic E-state index is 11.4. The molecule has 0 aliphatic carbocycles. The molecule has 0 aliphatic rings. The summed E-state index contributed by atoms with van der Waals surface area (Å²) in [6.45, 7) is 1.08. The molecule has 0 unspecified atom stereocenters. The number of hydrogen-bond acceptors (Lipinski definition) is 3. The van der Waals surface area contributed by atoms with Crippen molar-refractivity contribution in [1.29, 1.82) is 0 Å². The Hall–Kier alpha value is -2.33. The minimum Gasteiger partial charge on any atom is -0.381 e. The summed E-state index contributed by atoms with van der Waals surface area (Å²) < 4.78 is 5.17. The number of benzene rings is 2. The third kappa shape index (κ3) is 3.36. The Labute approximate surface area is 118 Å². The number of carbonyl (C=O) groups is 1. The van der Waals surface area contributed by atoms with Crippen molar-refractivity contribution in [2.75, 3.05) is 12.4 Å². The Balaban J connectivity index is 2.15. The monoisotopic (exact) mass is 270 g/mol. The van der Waals surface area contributed by atoms with E-state index in [1.807, 2.05) is 42.5 Å². The van der Waals surface area contributed by atoms with Crippen LogP contribution in [0.5, 0.6) is 0 Å². The zero-order valence-electron chi connectivity index (χ0n) is 11.4. The highest BCUT2D eigenvalue weighted by atomic mass is 16.5. The molecular weight excluding hydrogens is 252 g/mol. The van der Waals surface area contributed by atoms with Gasteiger partial charge in [-0.15, -0.1) is 0 Å². The number of amides is 1. The van der Waals surface area contributed by atoms with E-state index in [-0.39, 0.29) is 0 Å². The summed E-state index contributed by atoms with van der Waals surface area (Å²) in [7, 11) is 1.67. The zero-order valence-corrected chi connectivity index (χ0v) is 11.4. The number of para-hydroxylation sites is 1. The second-order valence-corrected chi connectivity index (χ2v) is 4.47. The SMILES string of the molecule is COCc1ccccc1NCc1ccccc1C(N)=O. The molecule has 0 fully saturated rings. The Bertz CT molecular complexity index is 597. The van der Waals surface area contributed by atoms with Crippen molar-refractivity contribution < 1.29 is 9.53 Å². The summed E-state index contributed by atoms with van der Waals surface area (Å²) in [5.41, 5.74) is 8.87. The number of carbonyl (C=O) groups excluding carboxylic acids is 1. The number of primary amides is 1. The number of anilines is 1. The molecule has 0 atom stereocenters. The summed E-state index contributed by atoms with van der Waals surface area (Å²) in [6, 6.07) is 15.3. The molecule has 4 nitrogen and oxygen atoms in total. The van der Waals surface area contributed by atoms with Crippen LogP contribution in [-0.4, -0.2) is 13.0 Å². The van der Waals surface area contributed by atoms with E-state index in [1.54, 1.807) is 13.2 Å². The summed E-state index contributed by atoms with van der Waals surface area (Å²) >= 11 is 0. The van der Waals surface area contributed by atoms with Crippen LogP contribution < -0.4 is 11.1 Å². The van der Waals surface area contributed by atoms with Crippen LogP contribution in [0.2, 0.25) is 0 Å². The van der Waals surface area contributed by atoms with E-state index >= 15 is 0 Å². The van der Waals surface area contributed by atoms with Crippen LogP contribution in [0, 0.1) is 0 Å². The molecule has 2 aromatic rings. The molecule has 0 heterocycles. The lowest BCUT2D eigenvalue weighted by Gasteiger charge is -2.13. The molecule has 3 N–H and O–H groups in total. The predicted molar refractivity (Wildman–Crippen MR) is 79.4 cm³/mol. The minimum atomic E-state index is -0.410. The number of nitrogens with one attached hydrogen (secondary N) is 1. The van der Waals surface area contributed by atoms with Crippen molar-refractivity contribution in [3.8, 4) is 0 Å². The number of methoxy groups -OCH3 is 1. The molecule has 0 saturated carbocycles. The maximum Gasteiger partial charge on any atom is 0.249 e. The third-order valence-corrected chi connectivity index (χ3v) is 3.07. The maximum absolute atomic E-state index is 11.4. The summed E-state index contributed by atoms with van der Waals surface area (Å²) in [4.78, 5) is 11.4. The zero-order chi connectivity index (χ0) is 14.4. The molecule has 2 rings (SSSR count). The largest absolute Gasteiger partial charge is 0.381 e. The van der Waals surface area contributed by atoms with Crippen LogP contribution in [0.15, 0.2) is 48.5 Å². The summed E-state index contributed by atoms with van der Waals surface area (Å²) in [6.07, 6.45) is 0. The number of hydrogen-bond donors (Lipinski definition) is 2. The van der Waals surface area contributed by atoms with Gasteiger partial charge in [-0.1, -0.05) is 36.4 Å². The van der Waals surface area contributed by atoms with Gasteiger partial charge in [0.15, 0.2) is 0 Å². The quantitative estimate of drug-likeness (QED) is 0.847. The molecule has 0 spiro atoms. The van der Waals surface area contributed by atoms with Crippen LogP contribution in [0.1, 0.15) is 21.5 Å². The van der Waals surface area contributed by atoms with E-state index in [0.29, 0.717) is 18.7 Å². The number of nitrogens with two attached hydrogens (primary N) is 1. The van der Waals surface area contributed by atoms with E-state index in [0.717, 1.165) is 16.8 Å². The standard InChI is InChI=1S/C16H18N2O2/c1-20-11-13-7-3-5-9-15(13)18-10-12-6-2-4-8-14(12)16(17)19/h2-9,18H,10-11H2,1H3,(H2,17,19). The highest BCUT2D eigenvalue weighted by molar-refractivity contribution is 5.94. The summed E-state index contributed by atoms with van der Waals surface area (Å²) in [5.74, 6) is -0.410. The average Bonchev–Trinajstić information content (AvgIpc) is 2.47. The fourth-order valence-corrected chi connectivity index (χ4v) is 2.08. The molecule has 4 heteroatoms. The van der Waals surface area contributed by atoms with Gasteiger partial charge in [-0.3, -0.25) is 4.79 Å². The highest BCUT2D eigenvalue weighted by Crippen LogP contribution is 2.18. The van der Waals surface area contributed by atoms with Gasteiger partial charge in [-0.25, -0.2) is 0 Å². The first-order valence-electron chi connectivity index (χ1n) is 6.41. The molecular formula is C16H18N2O2. The molecule has 0 saturated heterocycles. The van der Waals surface area contributed by atoms with Crippen LogP contribution in [0.25, 0.3) is 0 Å². The van der Waals surface area contributed by atoms with Crippen molar-refractivity contribution in [2.45, 2.75) is 13.2 Å². The van der Waals surface area contributed by atoms with Crippen molar-refractivity contribution in [2.24, 2.45) is 5.73 Å². The van der Waals surface area contributed by atoms with Crippen molar-refractivity contribution in [1.82, 2.24) is 0 Å². The van der Waals surface area contributed by atoms with Crippen LogP contribution in [-0.2, 0) is 17.9 Å². The first-order chi connectivity index (χ1) is 9.72. The summed E-state index contributed by atoms with van der Waals surface area (Å²) in [5, 5.41) is 3.32. The predicted octanol–water partition coefficient (Wildman–Crippen LogP) is 2.54. The van der Waals surface area contributed by atoms with E-state index in [2.05, 4.69) is 5.32 Å². The molecule has 0 bridgehead atoms. The van der Waals surface area contributed by atoms with E-state index in [9.17, 15) is 4.79 Å². The van der Waals surface area contributed by atoms with Gasteiger partial charge in [0.05, 0.1) is 6.61 Å². The Kier molecular flexibility index (Phi) is 4.74. The number of rotatable bonds is 6.